The smallest absolute Gasteiger partial charge is 0.260 e. The van der Waals surface area contributed by atoms with Crippen molar-refractivity contribution < 1.29 is 14.3 Å². The minimum Gasteiger partial charge on any atom is -0.491 e. The molecule has 0 aliphatic carbocycles. The maximum absolute atomic E-state index is 13.2. The van der Waals surface area contributed by atoms with Gasteiger partial charge in [0.25, 0.3) is 11.8 Å². The summed E-state index contributed by atoms with van der Waals surface area (Å²) in [6.07, 6.45) is 7.29. The van der Waals surface area contributed by atoms with Gasteiger partial charge in [-0.3, -0.25) is 9.78 Å². The standard InChI is InChI=1S/C25H27N5O3/c1-32-22-14-17(15-27-24(22)33-2)13-18-5-7-20-21(28-18)9-12-30(25(20)31)19-6-8-23(26-16-19)29-10-3-4-11-29/h5-8,14-16H,3-4,9-13H2,1-2H3. The minimum atomic E-state index is -0.0289. The molecule has 170 valence electrons. The lowest BCUT2D eigenvalue weighted by Crippen LogP contribution is -2.38. The fourth-order valence-electron chi connectivity index (χ4n) is 4.49. The summed E-state index contributed by atoms with van der Waals surface area (Å²) in [6.45, 7) is 2.69. The first kappa shape index (κ1) is 21.2. The number of anilines is 2. The van der Waals surface area contributed by atoms with E-state index in [1.54, 1.807) is 25.3 Å². The van der Waals surface area contributed by atoms with Gasteiger partial charge in [-0.25, -0.2) is 9.97 Å². The van der Waals surface area contributed by atoms with Gasteiger partial charge in [-0.1, -0.05) is 0 Å². The lowest BCUT2D eigenvalue weighted by atomic mass is 10.0. The zero-order valence-corrected chi connectivity index (χ0v) is 19.0. The third-order valence-electron chi connectivity index (χ3n) is 6.23. The van der Waals surface area contributed by atoms with Crippen LogP contribution in [0, 0.1) is 0 Å². The van der Waals surface area contributed by atoms with E-state index in [0.29, 0.717) is 36.6 Å². The number of carbonyl (C=O) groups excluding carboxylic acids is 1. The van der Waals surface area contributed by atoms with Gasteiger partial charge in [0.1, 0.15) is 5.82 Å². The molecule has 0 aromatic carbocycles. The maximum atomic E-state index is 13.2. The lowest BCUT2D eigenvalue weighted by molar-refractivity contribution is 0.0979. The Balaban J connectivity index is 1.32. The van der Waals surface area contributed by atoms with Gasteiger partial charge in [0.15, 0.2) is 5.75 Å². The molecule has 3 aromatic rings. The molecule has 0 radical (unpaired) electrons. The summed E-state index contributed by atoms with van der Waals surface area (Å²) in [5.74, 6) is 1.99. The van der Waals surface area contributed by atoms with Crippen molar-refractivity contribution >= 4 is 17.4 Å². The van der Waals surface area contributed by atoms with Crippen LogP contribution in [-0.4, -0.2) is 54.7 Å². The molecule has 0 unspecified atom stereocenters. The van der Waals surface area contributed by atoms with E-state index in [-0.39, 0.29) is 5.91 Å². The Bertz CT molecular complexity index is 1160. The van der Waals surface area contributed by atoms with Gasteiger partial charge >= 0.3 is 0 Å². The number of nitrogens with zero attached hydrogens (tertiary/aromatic N) is 5. The van der Waals surface area contributed by atoms with E-state index in [0.717, 1.165) is 41.5 Å². The highest BCUT2D eigenvalue weighted by Crippen LogP contribution is 2.28. The summed E-state index contributed by atoms with van der Waals surface area (Å²) >= 11 is 0. The van der Waals surface area contributed by atoms with Crippen LogP contribution in [0.3, 0.4) is 0 Å². The fourth-order valence-corrected chi connectivity index (χ4v) is 4.49. The van der Waals surface area contributed by atoms with Crippen LogP contribution in [0.4, 0.5) is 11.5 Å². The normalized spacial score (nSPS) is 15.5. The first-order chi connectivity index (χ1) is 16.2. The number of amides is 1. The van der Waals surface area contributed by atoms with E-state index in [4.69, 9.17) is 14.5 Å². The first-order valence-corrected chi connectivity index (χ1v) is 11.2. The van der Waals surface area contributed by atoms with Crippen molar-refractivity contribution in [1.82, 2.24) is 15.0 Å². The molecule has 2 aliphatic rings. The number of carbonyl (C=O) groups is 1. The Morgan fingerprint density at radius 1 is 0.970 bits per heavy atom. The summed E-state index contributed by atoms with van der Waals surface area (Å²) in [6, 6.07) is 9.70. The highest BCUT2D eigenvalue weighted by Gasteiger charge is 2.27. The van der Waals surface area contributed by atoms with Gasteiger partial charge < -0.3 is 19.3 Å². The number of ether oxygens (including phenoxy) is 2. The molecule has 1 fully saturated rings. The summed E-state index contributed by atoms with van der Waals surface area (Å²) < 4.78 is 10.5. The van der Waals surface area contributed by atoms with Crippen LogP contribution in [0.25, 0.3) is 0 Å². The minimum absolute atomic E-state index is 0.0289. The molecule has 1 saturated heterocycles. The zero-order valence-electron chi connectivity index (χ0n) is 19.0. The molecule has 0 saturated carbocycles. The summed E-state index contributed by atoms with van der Waals surface area (Å²) in [4.78, 5) is 31.0. The maximum Gasteiger partial charge on any atom is 0.260 e. The summed E-state index contributed by atoms with van der Waals surface area (Å²) in [7, 11) is 3.15. The van der Waals surface area contributed by atoms with Crippen LogP contribution >= 0.6 is 0 Å². The van der Waals surface area contributed by atoms with Crippen molar-refractivity contribution in [3.63, 3.8) is 0 Å². The predicted octanol–water partition coefficient (Wildman–Crippen LogP) is 3.28. The molecule has 33 heavy (non-hydrogen) atoms. The number of hydrogen-bond acceptors (Lipinski definition) is 7. The second-order valence-corrected chi connectivity index (χ2v) is 8.30. The highest BCUT2D eigenvalue weighted by atomic mass is 16.5. The number of aromatic nitrogens is 3. The average Bonchev–Trinajstić information content (AvgIpc) is 3.39. The number of pyridine rings is 3. The topological polar surface area (TPSA) is 80.7 Å². The molecule has 0 bridgehead atoms. The lowest BCUT2D eigenvalue weighted by Gasteiger charge is -2.28. The molecule has 2 aliphatic heterocycles. The number of hydrogen-bond donors (Lipinski definition) is 0. The molecule has 0 N–H and O–H groups in total. The van der Waals surface area contributed by atoms with Crippen LogP contribution in [-0.2, 0) is 12.8 Å². The van der Waals surface area contributed by atoms with Crippen molar-refractivity contribution in [2.75, 3.05) is 43.7 Å². The second kappa shape index (κ2) is 9.05. The molecule has 1 amide bonds. The Kier molecular flexibility index (Phi) is 5.81. The molecular formula is C25H27N5O3. The molecule has 0 atom stereocenters. The van der Waals surface area contributed by atoms with Crippen molar-refractivity contribution in [3.8, 4) is 11.6 Å². The van der Waals surface area contributed by atoms with E-state index < -0.39 is 0 Å². The van der Waals surface area contributed by atoms with Crippen LogP contribution in [0.15, 0.2) is 42.7 Å². The predicted molar refractivity (Wildman–Crippen MR) is 125 cm³/mol. The van der Waals surface area contributed by atoms with E-state index in [1.165, 1.54) is 12.8 Å². The van der Waals surface area contributed by atoms with Crippen LogP contribution in [0.5, 0.6) is 11.6 Å². The Morgan fingerprint density at radius 3 is 2.55 bits per heavy atom. The number of methoxy groups -OCH3 is 2. The van der Waals surface area contributed by atoms with Crippen molar-refractivity contribution in [3.05, 3.63) is 65.2 Å². The molecule has 3 aromatic heterocycles. The van der Waals surface area contributed by atoms with E-state index in [9.17, 15) is 4.79 Å². The molecular weight excluding hydrogens is 418 g/mol. The Labute approximate surface area is 193 Å². The average molecular weight is 446 g/mol. The van der Waals surface area contributed by atoms with Crippen molar-refractivity contribution in [1.29, 1.82) is 0 Å². The molecule has 0 spiro atoms. The molecule has 5 heterocycles. The zero-order chi connectivity index (χ0) is 22.8. The van der Waals surface area contributed by atoms with E-state index in [1.807, 2.05) is 36.5 Å². The Hall–Kier alpha value is -3.68. The van der Waals surface area contributed by atoms with Crippen LogP contribution in [0.2, 0.25) is 0 Å². The van der Waals surface area contributed by atoms with Gasteiger partial charge in [-0.05, 0) is 48.7 Å². The molecule has 5 rings (SSSR count). The SMILES string of the molecule is COc1cc(Cc2ccc3c(n2)CCN(c2ccc(N4CCCC4)nc2)C3=O)cnc1OC. The van der Waals surface area contributed by atoms with Gasteiger partial charge in [0, 0.05) is 44.4 Å². The monoisotopic (exact) mass is 445 g/mol. The van der Waals surface area contributed by atoms with Crippen LogP contribution in [0.1, 0.15) is 40.2 Å². The van der Waals surface area contributed by atoms with E-state index >= 15 is 0 Å². The third-order valence-corrected chi connectivity index (χ3v) is 6.23. The first-order valence-electron chi connectivity index (χ1n) is 11.2. The van der Waals surface area contributed by atoms with E-state index in [2.05, 4.69) is 14.9 Å². The van der Waals surface area contributed by atoms with Gasteiger partial charge in [0.2, 0.25) is 0 Å². The Morgan fingerprint density at radius 2 is 1.82 bits per heavy atom. The summed E-state index contributed by atoms with van der Waals surface area (Å²) in [5, 5.41) is 0. The number of rotatable bonds is 6. The van der Waals surface area contributed by atoms with Gasteiger partial charge in [-0.2, -0.15) is 0 Å². The third kappa shape index (κ3) is 4.20. The molecule has 8 nitrogen and oxygen atoms in total. The highest BCUT2D eigenvalue weighted by molar-refractivity contribution is 6.07. The van der Waals surface area contributed by atoms with Crippen molar-refractivity contribution in [2.45, 2.75) is 25.7 Å². The molecule has 8 heteroatoms. The summed E-state index contributed by atoms with van der Waals surface area (Å²) in [5.41, 5.74) is 4.17. The van der Waals surface area contributed by atoms with Gasteiger partial charge in [0.05, 0.1) is 37.4 Å². The fraction of sp³-hybridized carbons (Fsp3) is 0.360. The largest absolute Gasteiger partial charge is 0.491 e. The van der Waals surface area contributed by atoms with Crippen LogP contribution < -0.4 is 19.3 Å². The quantitative estimate of drug-likeness (QED) is 0.576. The van der Waals surface area contributed by atoms with Gasteiger partial charge in [-0.15, -0.1) is 0 Å². The second-order valence-electron chi connectivity index (χ2n) is 8.30. The number of fused-ring (bicyclic) bond motifs is 1. The van der Waals surface area contributed by atoms with Crippen molar-refractivity contribution in [2.24, 2.45) is 0 Å².